The van der Waals surface area contributed by atoms with Crippen LogP contribution in [0.25, 0.3) is 0 Å². The summed E-state index contributed by atoms with van der Waals surface area (Å²) in [6, 6.07) is 21.4. The number of nitriles is 2. The van der Waals surface area contributed by atoms with Crippen LogP contribution in [0.5, 0.6) is 0 Å². The highest BCUT2D eigenvalue weighted by Gasteiger charge is 2.51. The summed E-state index contributed by atoms with van der Waals surface area (Å²) in [5.74, 6) is 1.98. The number of ether oxygens (including phenoxy) is 2. The van der Waals surface area contributed by atoms with Gasteiger partial charge in [-0.15, -0.1) is 47.0 Å². The fourth-order valence-corrected chi connectivity index (χ4v) is 15.4. The van der Waals surface area contributed by atoms with E-state index in [9.17, 15) is 20.1 Å². The molecule has 2 aliphatic heterocycles. The topological polar surface area (TPSA) is 112 Å². The number of benzene rings is 2. The van der Waals surface area contributed by atoms with Gasteiger partial charge in [-0.3, -0.25) is 4.79 Å². The van der Waals surface area contributed by atoms with Crippen LogP contribution in [0.2, 0.25) is 0 Å². The van der Waals surface area contributed by atoms with Gasteiger partial charge in [0.25, 0.3) is 0 Å². The second kappa shape index (κ2) is 16.3. The number of amides is 1. The minimum atomic E-state index is -0.424. The SMILES string of the molecule is CC1(C)CC(NC(=O)OCc2ccc(CSC3(C#N)SC4C=CC3C4)cc2)CC(C)(CCC(=O)OCc2ccc(CSC3(C#N)SC4C=CC3C4)cc2)C1. The minimum absolute atomic E-state index is 0.000682. The Morgan fingerprint density at radius 2 is 1.26 bits per heavy atom. The Hall–Kier alpha value is -2.96. The van der Waals surface area contributed by atoms with E-state index in [1.54, 1.807) is 47.0 Å². The lowest BCUT2D eigenvalue weighted by molar-refractivity contribution is -0.146. The van der Waals surface area contributed by atoms with Crippen LogP contribution in [0.15, 0.2) is 72.8 Å². The third kappa shape index (κ3) is 9.18. The molecule has 7 nitrogen and oxygen atoms in total. The highest BCUT2D eigenvalue weighted by molar-refractivity contribution is 8.19. The van der Waals surface area contributed by atoms with Gasteiger partial charge in [0.1, 0.15) is 13.2 Å². The number of nitrogens with zero attached hydrogens (tertiary/aromatic N) is 2. The smallest absolute Gasteiger partial charge is 0.407 e. The van der Waals surface area contributed by atoms with Crippen molar-refractivity contribution in [3.8, 4) is 12.1 Å². The molecule has 0 aromatic heterocycles. The van der Waals surface area contributed by atoms with Gasteiger partial charge in [-0.2, -0.15) is 10.5 Å². The van der Waals surface area contributed by atoms with E-state index in [2.05, 4.69) is 86.8 Å². The van der Waals surface area contributed by atoms with Gasteiger partial charge in [0.2, 0.25) is 0 Å². The van der Waals surface area contributed by atoms with Crippen LogP contribution < -0.4 is 5.32 Å². The molecule has 2 aromatic rings. The Morgan fingerprint density at radius 3 is 1.72 bits per heavy atom. The highest BCUT2D eigenvalue weighted by atomic mass is 32.2. The predicted molar refractivity (Wildman–Crippen MR) is 221 cm³/mol. The van der Waals surface area contributed by atoms with Crippen molar-refractivity contribution in [1.29, 1.82) is 10.5 Å². The summed E-state index contributed by atoms with van der Waals surface area (Å²) in [5.41, 5.74) is 4.05. The van der Waals surface area contributed by atoms with Gasteiger partial charge >= 0.3 is 12.1 Å². The van der Waals surface area contributed by atoms with Crippen LogP contribution in [0.4, 0.5) is 4.79 Å². The van der Waals surface area contributed by atoms with E-state index in [1.807, 2.05) is 24.3 Å². The second-order valence-corrected chi connectivity index (χ2v) is 22.6. The maximum absolute atomic E-state index is 12.9. The van der Waals surface area contributed by atoms with Gasteiger partial charge in [-0.1, -0.05) is 93.6 Å². The van der Waals surface area contributed by atoms with Crippen molar-refractivity contribution >= 4 is 59.1 Å². The lowest BCUT2D eigenvalue weighted by atomic mass is 9.61. The Labute approximate surface area is 337 Å². The third-order valence-corrected chi connectivity index (χ3v) is 18.1. The van der Waals surface area contributed by atoms with E-state index in [0.29, 0.717) is 35.2 Å². The first-order valence-electron chi connectivity index (χ1n) is 19.0. The number of fused-ring (bicyclic) bond motifs is 4. The number of allylic oxidation sites excluding steroid dienone is 2. The molecule has 284 valence electrons. The van der Waals surface area contributed by atoms with Crippen LogP contribution in [0.1, 0.15) is 88.0 Å². The van der Waals surface area contributed by atoms with Crippen molar-refractivity contribution in [3.05, 3.63) is 95.1 Å². The maximum Gasteiger partial charge on any atom is 0.407 e. The van der Waals surface area contributed by atoms with Gasteiger partial charge in [0, 0.05) is 46.3 Å². The van der Waals surface area contributed by atoms with Crippen LogP contribution in [0.3, 0.4) is 0 Å². The molecule has 4 bridgehead atoms. The van der Waals surface area contributed by atoms with E-state index in [1.165, 1.54) is 0 Å². The number of alkyl carbamates (subject to hydrolysis) is 1. The molecule has 2 saturated heterocycles. The zero-order valence-electron chi connectivity index (χ0n) is 31.3. The molecule has 0 radical (unpaired) electrons. The molecule has 1 N–H and O–H groups in total. The van der Waals surface area contributed by atoms with Crippen molar-refractivity contribution in [2.75, 3.05) is 0 Å². The standard InChI is InChI=1S/C43H49N3O4S4/c1-40(2)20-35(46-39(48)50-23-30-6-10-32(11-7-30)25-52-43(28-45)34-13-15-37(19-34)54-43)21-41(3,26-40)17-16-38(47)49-22-29-4-8-31(9-5-29)24-51-42(27-44)33-12-14-36(18-33)53-42/h4-15,33-37H,16-26H2,1-3H3,(H,46,48). The molecule has 54 heavy (non-hydrogen) atoms. The van der Waals surface area contributed by atoms with Gasteiger partial charge < -0.3 is 14.8 Å². The van der Waals surface area contributed by atoms with E-state index >= 15 is 0 Å². The number of esters is 1. The third-order valence-electron chi connectivity index (χ3n) is 11.4. The molecule has 11 heteroatoms. The molecule has 3 aliphatic carbocycles. The lowest BCUT2D eigenvalue weighted by Gasteiger charge is -2.46. The number of hydrogen-bond acceptors (Lipinski definition) is 10. The summed E-state index contributed by atoms with van der Waals surface area (Å²) in [5, 5.41) is 23.9. The average molecular weight is 800 g/mol. The summed E-state index contributed by atoms with van der Waals surface area (Å²) >= 11 is 7.03. The van der Waals surface area contributed by atoms with Crippen LogP contribution >= 0.6 is 47.0 Å². The van der Waals surface area contributed by atoms with Gasteiger partial charge in [-0.05, 0) is 71.6 Å². The Morgan fingerprint density at radius 1 is 0.759 bits per heavy atom. The molecule has 3 fully saturated rings. The largest absolute Gasteiger partial charge is 0.461 e. The van der Waals surface area contributed by atoms with Crippen LogP contribution in [-0.2, 0) is 39.0 Å². The number of rotatable bonds is 14. The fraction of sp³-hybridized carbons (Fsp3) is 0.535. The van der Waals surface area contributed by atoms with E-state index in [0.717, 1.165) is 65.9 Å². The summed E-state index contributed by atoms with van der Waals surface area (Å²) in [7, 11) is 0. The average Bonchev–Trinajstić information content (AvgIpc) is 3.97. The fourth-order valence-electron chi connectivity index (χ4n) is 9.03. The maximum atomic E-state index is 12.9. The lowest BCUT2D eigenvalue weighted by Crippen LogP contribution is -2.47. The molecular formula is C43H49N3O4S4. The summed E-state index contributed by atoms with van der Waals surface area (Å²) in [6.07, 6.45) is 14.2. The number of nitrogens with one attached hydrogen (secondary N) is 1. The summed E-state index contributed by atoms with van der Waals surface area (Å²) in [4.78, 5) is 25.8. The Balaban J connectivity index is 0.818. The Kier molecular flexibility index (Phi) is 11.8. The van der Waals surface area contributed by atoms with E-state index in [4.69, 9.17) is 9.47 Å². The first-order chi connectivity index (χ1) is 25.9. The molecule has 2 heterocycles. The zero-order chi connectivity index (χ0) is 38.0. The van der Waals surface area contributed by atoms with Crippen LogP contribution in [-0.4, -0.2) is 36.8 Å². The van der Waals surface area contributed by atoms with Gasteiger partial charge in [0.15, 0.2) is 8.16 Å². The first kappa shape index (κ1) is 39.3. The molecular weight excluding hydrogens is 751 g/mol. The molecule has 8 unspecified atom stereocenters. The number of thioether (sulfide) groups is 4. The highest BCUT2D eigenvalue weighted by Crippen LogP contribution is 2.59. The second-order valence-electron chi connectivity index (χ2n) is 16.7. The normalized spacial score (nSPS) is 32.6. The molecule has 2 aromatic carbocycles. The monoisotopic (exact) mass is 799 g/mol. The van der Waals surface area contributed by atoms with Crippen LogP contribution in [0, 0.1) is 45.3 Å². The minimum Gasteiger partial charge on any atom is -0.461 e. The molecule has 5 aliphatic rings. The van der Waals surface area contributed by atoms with Crippen molar-refractivity contribution in [2.24, 2.45) is 22.7 Å². The molecule has 1 amide bonds. The number of carbonyl (C=O) groups excluding carboxylic acids is 2. The quantitative estimate of drug-likeness (QED) is 0.146. The van der Waals surface area contributed by atoms with E-state index < -0.39 is 10.2 Å². The summed E-state index contributed by atoms with van der Waals surface area (Å²) in [6.45, 7) is 7.09. The number of carbonyl (C=O) groups is 2. The number of hydrogen-bond donors (Lipinski definition) is 1. The molecule has 0 spiro atoms. The molecule has 7 rings (SSSR count). The van der Waals surface area contributed by atoms with Crippen molar-refractivity contribution in [3.63, 3.8) is 0 Å². The van der Waals surface area contributed by atoms with E-state index in [-0.39, 0.29) is 40.1 Å². The predicted octanol–water partition coefficient (Wildman–Crippen LogP) is 10.3. The molecule has 1 saturated carbocycles. The Bertz CT molecular complexity index is 1850. The van der Waals surface area contributed by atoms with Crippen molar-refractivity contribution in [2.45, 2.75) is 115 Å². The zero-order valence-corrected chi connectivity index (χ0v) is 34.5. The summed E-state index contributed by atoms with van der Waals surface area (Å²) < 4.78 is 10.6. The first-order valence-corrected chi connectivity index (χ1v) is 22.7. The van der Waals surface area contributed by atoms with Crippen molar-refractivity contribution < 1.29 is 19.1 Å². The molecule has 8 atom stereocenters. The van der Waals surface area contributed by atoms with Gasteiger partial charge in [-0.25, -0.2) is 4.79 Å². The van der Waals surface area contributed by atoms with Crippen molar-refractivity contribution in [1.82, 2.24) is 5.32 Å². The van der Waals surface area contributed by atoms with Gasteiger partial charge in [0.05, 0.1) is 12.1 Å².